The summed E-state index contributed by atoms with van der Waals surface area (Å²) in [7, 11) is -8.01. The molecule has 1 unspecified atom stereocenters. The Morgan fingerprint density at radius 3 is 1.59 bits per heavy atom. The van der Waals surface area contributed by atoms with Crippen molar-refractivity contribution in [3.05, 3.63) is 0 Å². The Kier molecular flexibility index (Phi) is 13.3. The van der Waals surface area contributed by atoms with Crippen molar-refractivity contribution < 1.29 is 31.0 Å². The largest absolute Gasteiger partial charge is 0.494 e. The van der Waals surface area contributed by atoms with Crippen molar-refractivity contribution in [1.29, 1.82) is 0 Å². The summed E-state index contributed by atoms with van der Waals surface area (Å²) in [5.41, 5.74) is 0. The van der Waals surface area contributed by atoms with Gasteiger partial charge in [0.15, 0.2) is 0 Å². The van der Waals surface area contributed by atoms with Gasteiger partial charge in [-0.1, -0.05) is 27.7 Å². The number of hydrogen-bond donors (Lipinski definition) is 0. The van der Waals surface area contributed by atoms with Gasteiger partial charge >= 0.3 is 15.6 Å². The Balaban J connectivity index is 4.90. The predicted molar refractivity (Wildman–Crippen MR) is 88.9 cm³/mol. The molecule has 0 aromatic heterocycles. The second-order valence-electron chi connectivity index (χ2n) is 4.37. The van der Waals surface area contributed by atoms with Crippen molar-refractivity contribution in [3.63, 3.8) is 0 Å². The molecule has 22 heavy (non-hydrogen) atoms. The zero-order valence-electron chi connectivity index (χ0n) is 13.8. The van der Waals surface area contributed by atoms with E-state index < -0.39 is 15.6 Å². The Labute approximate surface area is 138 Å². The summed E-state index contributed by atoms with van der Waals surface area (Å²) in [5.74, 6) is 0.610. The summed E-state index contributed by atoms with van der Waals surface area (Å²) >= 11 is 0.954. The lowest BCUT2D eigenvalue weighted by Crippen LogP contribution is -2.04. The lowest BCUT2D eigenvalue weighted by atomic mass is 10.5. The first-order chi connectivity index (χ1) is 10.4. The molecule has 0 aliphatic heterocycles. The normalized spacial score (nSPS) is 14.9. The Morgan fingerprint density at radius 2 is 1.18 bits per heavy atom. The molecule has 0 N–H and O–H groups in total. The van der Waals surface area contributed by atoms with Crippen LogP contribution < -0.4 is 0 Å². The van der Waals surface area contributed by atoms with Gasteiger partial charge < -0.3 is 0 Å². The molecule has 0 fully saturated rings. The number of phosphoric acid groups is 2. The van der Waals surface area contributed by atoms with Crippen LogP contribution >= 0.6 is 27.7 Å². The van der Waals surface area contributed by atoms with Gasteiger partial charge in [-0.25, -0.2) is 13.1 Å². The topological polar surface area (TPSA) is 80.3 Å². The molecule has 0 aliphatic carbocycles. The third kappa shape index (κ3) is 10.4. The van der Waals surface area contributed by atoms with E-state index in [4.69, 9.17) is 21.9 Å². The third-order valence-corrected chi connectivity index (χ3v) is 6.82. The van der Waals surface area contributed by atoms with E-state index in [1.165, 1.54) is 0 Å². The molecule has 10 heteroatoms. The van der Waals surface area contributed by atoms with Gasteiger partial charge in [0.2, 0.25) is 0 Å². The minimum Gasteiger partial charge on any atom is -0.287 e. The number of hydrogen-bond acceptors (Lipinski definition) is 8. The first kappa shape index (κ1) is 22.6. The molecule has 7 nitrogen and oxygen atoms in total. The second kappa shape index (κ2) is 13.0. The summed E-state index contributed by atoms with van der Waals surface area (Å²) < 4.78 is 50.7. The smallest absolute Gasteiger partial charge is 0.287 e. The fourth-order valence-electron chi connectivity index (χ4n) is 1.06. The first-order valence-corrected chi connectivity index (χ1v) is 11.4. The van der Waals surface area contributed by atoms with Crippen LogP contribution in [0.4, 0.5) is 0 Å². The average Bonchev–Trinajstić information content (AvgIpc) is 2.49. The SMILES string of the molecule is CCCOP(=O)(OCCC)OP(=O)(OCCC)OSCCC. The predicted octanol–water partition coefficient (Wildman–Crippen LogP) is 5.57. The van der Waals surface area contributed by atoms with E-state index in [1.807, 2.05) is 27.7 Å². The fourth-order valence-corrected chi connectivity index (χ4v) is 5.41. The van der Waals surface area contributed by atoms with E-state index in [2.05, 4.69) is 0 Å². The highest BCUT2D eigenvalue weighted by atomic mass is 32.2. The van der Waals surface area contributed by atoms with E-state index >= 15 is 0 Å². The molecule has 0 rings (SSSR count). The van der Waals surface area contributed by atoms with Crippen LogP contribution in [0.3, 0.4) is 0 Å². The van der Waals surface area contributed by atoms with Crippen LogP contribution in [0.1, 0.15) is 53.4 Å². The molecule has 0 amide bonds. The molecule has 0 radical (unpaired) electrons. The van der Waals surface area contributed by atoms with Gasteiger partial charge in [-0.2, -0.15) is 4.31 Å². The molecule has 0 aliphatic rings. The Morgan fingerprint density at radius 1 is 0.727 bits per heavy atom. The van der Waals surface area contributed by atoms with Crippen molar-refractivity contribution in [2.45, 2.75) is 53.4 Å². The third-order valence-electron chi connectivity index (χ3n) is 1.99. The molecule has 0 heterocycles. The first-order valence-electron chi connectivity index (χ1n) is 7.61. The van der Waals surface area contributed by atoms with E-state index in [-0.39, 0.29) is 19.8 Å². The fraction of sp³-hybridized carbons (Fsp3) is 1.00. The van der Waals surface area contributed by atoms with E-state index in [0.717, 1.165) is 18.5 Å². The van der Waals surface area contributed by atoms with Gasteiger partial charge in [-0.15, -0.1) is 0 Å². The summed E-state index contributed by atoms with van der Waals surface area (Å²) in [4.78, 5) is 0. The van der Waals surface area contributed by atoms with Crippen LogP contribution in [0.2, 0.25) is 0 Å². The molecule has 0 spiro atoms. The highest BCUT2D eigenvalue weighted by Gasteiger charge is 2.41. The lowest BCUT2D eigenvalue weighted by Gasteiger charge is -2.22. The summed E-state index contributed by atoms with van der Waals surface area (Å²) in [5, 5.41) is 0. The van der Waals surface area contributed by atoms with Crippen molar-refractivity contribution in [3.8, 4) is 0 Å². The monoisotopic (exact) mass is 378 g/mol. The van der Waals surface area contributed by atoms with Crippen molar-refractivity contribution in [1.82, 2.24) is 0 Å². The van der Waals surface area contributed by atoms with E-state index in [1.54, 1.807) is 0 Å². The summed E-state index contributed by atoms with van der Waals surface area (Å²) in [6.45, 7) is 7.99. The maximum absolute atomic E-state index is 12.6. The van der Waals surface area contributed by atoms with Crippen molar-refractivity contribution in [2.75, 3.05) is 25.6 Å². The molecular weight excluding hydrogens is 350 g/mol. The highest BCUT2D eigenvalue weighted by Crippen LogP contribution is 2.67. The second-order valence-corrected chi connectivity index (χ2v) is 8.83. The Hall–Kier alpha value is 0.610. The minimum absolute atomic E-state index is 0.158. The molecular formula is C12H28O7P2S. The lowest BCUT2D eigenvalue weighted by molar-refractivity contribution is 0.131. The maximum atomic E-state index is 12.6. The number of rotatable bonds is 15. The molecule has 0 aromatic rings. The van der Waals surface area contributed by atoms with Crippen LogP contribution in [0.25, 0.3) is 0 Å². The van der Waals surface area contributed by atoms with Gasteiger partial charge in [0.05, 0.1) is 19.8 Å². The minimum atomic E-state index is -4.02. The van der Waals surface area contributed by atoms with Gasteiger partial charge in [0, 0.05) is 17.8 Å². The van der Waals surface area contributed by atoms with Crippen LogP contribution in [-0.4, -0.2) is 25.6 Å². The molecule has 1 atom stereocenters. The quantitative estimate of drug-likeness (QED) is 0.208. The van der Waals surface area contributed by atoms with Gasteiger partial charge in [-0.3, -0.25) is 13.6 Å². The van der Waals surface area contributed by atoms with Crippen LogP contribution in [-0.2, 0) is 31.0 Å². The molecule has 134 valence electrons. The van der Waals surface area contributed by atoms with Crippen molar-refractivity contribution >= 4 is 27.7 Å². The summed E-state index contributed by atoms with van der Waals surface area (Å²) in [6, 6.07) is 0. The summed E-state index contributed by atoms with van der Waals surface area (Å²) in [6.07, 6.45) is 2.68. The van der Waals surface area contributed by atoms with E-state index in [0.29, 0.717) is 25.0 Å². The van der Waals surface area contributed by atoms with E-state index in [9.17, 15) is 9.13 Å². The zero-order chi connectivity index (χ0) is 16.9. The van der Waals surface area contributed by atoms with Crippen molar-refractivity contribution in [2.24, 2.45) is 0 Å². The van der Waals surface area contributed by atoms with Crippen LogP contribution in [0.15, 0.2) is 0 Å². The van der Waals surface area contributed by atoms with Crippen LogP contribution in [0, 0.1) is 0 Å². The molecule has 0 saturated carbocycles. The number of phosphoric ester groups is 1. The highest BCUT2D eigenvalue weighted by molar-refractivity contribution is 7.98. The average molecular weight is 378 g/mol. The molecule has 0 aromatic carbocycles. The van der Waals surface area contributed by atoms with Crippen LogP contribution in [0.5, 0.6) is 0 Å². The zero-order valence-corrected chi connectivity index (χ0v) is 16.4. The standard InChI is InChI=1S/C12H28O7P2S/c1-5-9-15-20(13,16-10-6-2)18-21(14,17-11-7-3)19-22-12-8-4/h5-12H2,1-4H3. The van der Waals surface area contributed by atoms with Gasteiger partial charge in [0.1, 0.15) is 0 Å². The van der Waals surface area contributed by atoms with Gasteiger partial charge in [-0.05, 0) is 25.7 Å². The van der Waals surface area contributed by atoms with Gasteiger partial charge in [0.25, 0.3) is 0 Å². The molecule has 0 bridgehead atoms. The Bertz CT molecular complexity index is 355. The molecule has 0 saturated heterocycles. The maximum Gasteiger partial charge on any atom is 0.494 e.